The van der Waals surface area contributed by atoms with Crippen molar-refractivity contribution in [2.45, 2.75) is 25.8 Å². The lowest BCUT2D eigenvalue weighted by Gasteiger charge is -2.08. The Hall–Kier alpha value is -1.77. The monoisotopic (exact) mass is 182 g/mol. The first kappa shape index (κ1) is 9.32. The molecule has 0 aliphatic rings. The number of rotatable bonds is 3. The number of aromatic nitrogens is 3. The highest BCUT2D eigenvalue weighted by molar-refractivity contribution is 4.82. The molecule has 1 rings (SSSR count). The van der Waals surface area contributed by atoms with Crippen molar-refractivity contribution in [3.63, 3.8) is 0 Å². The molecule has 0 aliphatic heterocycles. The number of aromatic amines is 2. The fourth-order valence-electron chi connectivity index (χ4n) is 1.17. The Balaban J connectivity index is 3.12. The molecule has 1 unspecified atom stereocenters. The van der Waals surface area contributed by atoms with Gasteiger partial charge in [-0.1, -0.05) is 6.92 Å². The van der Waals surface area contributed by atoms with E-state index in [-0.39, 0.29) is 12.5 Å². The molecule has 0 bridgehead atoms. The molecule has 0 saturated carbocycles. The molecule has 2 N–H and O–H groups in total. The Morgan fingerprint density at radius 3 is 2.38 bits per heavy atom. The van der Waals surface area contributed by atoms with Gasteiger partial charge in [0.1, 0.15) is 0 Å². The Kier molecular flexibility index (Phi) is 2.69. The van der Waals surface area contributed by atoms with E-state index in [4.69, 9.17) is 5.26 Å². The topological polar surface area (TPSA) is 94.4 Å². The first-order valence-electron chi connectivity index (χ1n) is 3.96. The second-order valence-corrected chi connectivity index (χ2v) is 2.65. The summed E-state index contributed by atoms with van der Waals surface area (Å²) < 4.78 is 1.03. The van der Waals surface area contributed by atoms with Crippen molar-refractivity contribution in [2.24, 2.45) is 0 Å². The van der Waals surface area contributed by atoms with Crippen LogP contribution in [0.1, 0.15) is 25.8 Å². The normalized spacial score (nSPS) is 12.3. The van der Waals surface area contributed by atoms with Gasteiger partial charge in [0.05, 0.1) is 18.5 Å². The van der Waals surface area contributed by atoms with Crippen molar-refractivity contribution in [2.75, 3.05) is 0 Å². The molecule has 0 amide bonds. The van der Waals surface area contributed by atoms with Crippen LogP contribution in [0.3, 0.4) is 0 Å². The van der Waals surface area contributed by atoms with Crippen LogP contribution in [0.15, 0.2) is 9.59 Å². The summed E-state index contributed by atoms with van der Waals surface area (Å²) in [6.45, 7) is 1.82. The van der Waals surface area contributed by atoms with Crippen molar-refractivity contribution in [1.29, 1.82) is 5.26 Å². The van der Waals surface area contributed by atoms with Crippen molar-refractivity contribution in [3.8, 4) is 6.07 Å². The Morgan fingerprint density at radius 2 is 2.00 bits per heavy atom. The van der Waals surface area contributed by atoms with Crippen LogP contribution in [-0.4, -0.2) is 14.8 Å². The van der Waals surface area contributed by atoms with Gasteiger partial charge in [-0.25, -0.2) is 24.4 Å². The maximum Gasteiger partial charge on any atom is 0.344 e. The molecular formula is C7H10N4O2. The van der Waals surface area contributed by atoms with Gasteiger partial charge in [-0.05, 0) is 6.42 Å². The number of H-pyrrole nitrogens is 2. The predicted molar refractivity (Wildman–Crippen MR) is 45.2 cm³/mol. The highest BCUT2D eigenvalue weighted by atomic mass is 16.2. The van der Waals surface area contributed by atoms with Gasteiger partial charge in [0.25, 0.3) is 0 Å². The summed E-state index contributed by atoms with van der Waals surface area (Å²) >= 11 is 0. The summed E-state index contributed by atoms with van der Waals surface area (Å²) in [6, 6.07) is 1.59. The van der Waals surface area contributed by atoms with E-state index in [9.17, 15) is 9.59 Å². The first-order chi connectivity index (χ1) is 6.20. The number of hydrogen-bond donors (Lipinski definition) is 2. The van der Waals surface area contributed by atoms with Crippen molar-refractivity contribution >= 4 is 0 Å². The van der Waals surface area contributed by atoms with Gasteiger partial charge in [0, 0.05) is 0 Å². The highest BCUT2D eigenvalue weighted by Crippen LogP contribution is 2.09. The fourth-order valence-corrected chi connectivity index (χ4v) is 1.17. The Morgan fingerprint density at radius 1 is 1.46 bits per heavy atom. The van der Waals surface area contributed by atoms with Crippen molar-refractivity contribution < 1.29 is 0 Å². The van der Waals surface area contributed by atoms with Gasteiger partial charge in [-0.3, -0.25) is 0 Å². The lowest BCUT2D eigenvalue weighted by atomic mass is 10.2. The van der Waals surface area contributed by atoms with E-state index in [2.05, 4.69) is 10.2 Å². The van der Waals surface area contributed by atoms with E-state index in [1.807, 2.05) is 13.0 Å². The molecular weight excluding hydrogens is 172 g/mol. The highest BCUT2D eigenvalue weighted by Gasteiger charge is 2.13. The number of nitrogens with zero attached hydrogens (tertiary/aromatic N) is 2. The molecule has 1 atom stereocenters. The molecule has 1 aromatic rings. The average molecular weight is 182 g/mol. The molecule has 1 aromatic heterocycles. The third kappa shape index (κ3) is 1.69. The van der Waals surface area contributed by atoms with E-state index in [0.29, 0.717) is 6.42 Å². The zero-order chi connectivity index (χ0) is 9.84. The van der Waals surface area contributed by atoms with Gasteiger partial charge < -0.3 is 0 Å². The maximum atomic E-state index is 11.1. The minimum absolute atomic E-state index is 0.164. The van der Waals surface area contributed by atoms with Gasteiger partial charge in [0.2, 0.25) is 0 Å². The summed E-state index contributed by atoms with van der Waals surface area (Å²) in [7, 11) is 0. The van der Waals surface area contributed by atoms with Gasteiger partial charge in [-0.2, -0.15) is 5.26 Å². The smallest absolute Gasteiger partial charge is 0.247 e. The summed E-state index contributed by atoms with van der Waals surface area (Å²) in [5.41, 5.74) is -0.987. The van der Waals surface area contributed by atoms with E-state index in [1.54, 1.807) is 0 Å². The molecule has 6 heteroatoms. The molecule has 0 saturated heterocycles. The molecule has 0 fully saturated rings. The van der Waals surface area contributed by atoms with Crippen LogP contribution in [-0.2, 0) is 0 Å². The summed E-state index contributed by atoms with van der Waals surface area (Å²) in [4.78, 5) is 22.2. The van der Waals surface area contributed by atoms with E-state index < -0.39 is 11.4 Å². The largest absolute Gasteiger partial charge is 0.344 e. The molecule has 0 radical (unpaired) electrons. The quantitative estimate of drug-likeness (QED) is 0.673. The van der Waals surface area contributed by atoms with E-state index in [0.717, 1.165) is 4.57 Å². The third-order valence-corrected chi connectivity index (χ3v) is 1.88. The summed E-state index contributed by atoms with van der Waals surface area (Å²) in [5.74, 6) is 0. The molecule has 1 heterocycles. The minimum Gasteiger partial charge on any atom is -0.247 e. The van der Waals surface area contributed by atoms with Gasteiger partial charge >= 0.3 is 11.4 Å². The molecule has 6 nitrogen and oxygen atoms in total. The predicted octanol–water partition coefficient (Wildman–Crippen LogP) is -0.271. The Bertz CT molecular complexity index is 391. The third-order valence-electron chi connectivity index (χ3n) is 1.88. The lowest BCUT2D eigenvalue weighted by molar-refractivity contribution is 0.470. The zero-order valence-electron chi connectivity index (χ0n) is 7.20. The van der Waals surface area contributed by atoms with Crippen LogP contribution in [0.5, 0.6) is 0 Å². The van der Waals surface area contributed by atoms with Crippen LogP contribution in [0.2, 0.25) is 0 Å². The van der Waals surface area contributed by atoms with Crippen molar-refractivity contribution in [1.82, 2.24) is 14.8 Å². The van der Waals surface area contributed by atoms with Crippen molar-refractivity contribution in [3.05, 3.63) is 21.0 Å². The average Bonchev–Trinajstić information content (AvgIpc) is 2.43. The van der Waals surface area contributed by atoms with E-state index >= 15 is 0 Å². The molecule has 13 heavy (non-hydrogen) atoms. The number of nitriles is 1. The number of nitrogens with one attached hydrogen (secondary N) is 2. The Labute approximate surface area is 73.8 Å². The standard InChI is InChI=1S/C7H10N4O2/c1-2-5(3-4-8)11-6(12)9-10-7(11)13/h5H,2-3H2,1H3,(H,9,12)(H,10,13). The summed E-state index contributed by atoms with van der Waals surface area (Å²) in [5, 5.41) is 12.8. The van der Waals surface area contributed by atoms with Crippen LogP contribution in [0, 0.1) is 11.3 Å². The lowest BCUT2D eigenvalue weighted by Crippen LogP contribution is -2.30. The SMILES string of the molecule is CCC(CC#N)n1c(=O)[nH][nH]c1=O. The second-order valence-electron chi connectivity index (χ2n) is 2.65. The maximum absolute atomic E-state index is 11.1. The fraction of sp³-hybridized carbons (Fsp3) is 0.571. The van der Waals surface area contributed by atoms with Crippen LogP contribution < -0.4 is 11.4 Å². The molecule has 0 spiro atoms. The van der Waals surface area contributed by atoms with Crippen LogP contribution in [0.4, 0.5) is 0 Å². The first-order valence-corrected chi connectivity index (χ1v) is 3.96. The number of hydrogen-bond acceptors (Lipinski definition) is 3. The summed E-state index contributed by atoms with van der Waals surface area (Å²) in [6.07, 6.45) is 0.742. The van der Waals surface area contributed by atoms with Gasteiger partial charge in [-0.15, -0.1) is 0 Å². The van der Waals surface area contributed by atoms with Crippen LogP contribution >= 0.6 is 0 Å². The van der Waals surface area contributed by atoms with Gasteiger partial charge in [0.15, 0.2) is 0 Å². The van der Waals surface area contributed by atoms with E-state index in [1.165, 1.54) is 0 Å². The zero-order valence-corrected chi connectivity index (χ0v) is 7.20. The second kappa shape index (κ2) is 3.76. The minimum atomic E-state index is -0.493. The molecule has 0 aliphatic carbocycles. The van der Waals surface area contributed by atoms with Crippen LogP contribution in [0.25, 0.3) is 0 Å². The molecule has 0 aromatic carbocycles. The molecule has 70 valence electrons.